The number of amides is 2. The van der Waals surface area contributed by atoms with Crippen LogP contribution in [0.25, 0.3) is 0 Å². The third-order valence-corrected chi connectivity index (χ3v) is 6.59. The van der Waals surface area contributed by atoms with E-state index in [4.69, 9.17) is 9.47 Å². The number of rotatable bonds is 6. The minimum Gasteiger partial charge on any atom is -0.496 e. The summed E-state index contributed by atoms with van der Waals surface area (Å²) in [4.78, 5) is 26.2. The van der Waals surface area contributed by atoms with Crippen molar-refractivity contribution >= 4 is 27.7 Å². The van der Waals surface area contributed by atoms with E-state index in [1.54, 1.807) is 20.8 Å². The lowest BCUT2D eigenvalue weighted by Gasteiger charge is -2.24. The molecule has 1 fully saturated rings. The number of hydrogen-bond acceptors (Lipinski definition) is 6. The molecule has 12 heteroatoms. The average molecular weight is 512 g/mol. The van der Waals surface area contributed by atoms with Crippen LogP contribution in [0, 0.1) is 11.6 Å². The summed E-state index contributed by atoms with van der Waals surface area (Å²) < 4.78 is 66.1. The summed E-state index contributed by atoms with van der Waals surface area (Å²) in [6, 6.07) is 5.73. The Bertz CT molecular complexity index is 1230. The number of nitrogens with zero attached hydrogens (tertiary/aromatic N) is 1. The topological polar surface area (TPSA) is 114 Å². The van der Waals surface area contributed by atoms with Gasteiger partial charge in [0, 0.05) is 25.2 Å². The number of ether oxygens (including phenoxy) is 2. The van der Waals surface area contributed by atoms with Crippen molar-refractivity contribution in [2.75, 3.05) is 25.5 Å². The fourth-order valence-corrected chi connectivity index (χ4v) is 4.74. The highest BCUT2D eigenvalue weighted by Gasteiger charge is 2.32. The predicted octanol–water partition coefficient (Wildman–Crippen LogP) is 3.51. The van der Waals surface area contributed by atoms with Crippen LogP contribution in [0.3, 0.4) is 0 Å². The highest BCUT2D eigenvalue weighted by Crippen LogP contribution is 2.25. The second kappa shape index (κ2) is 10.2. The summed E-state index contributed by atoms with van der Waals surface area (Å²) in [5.41, 5.74) is -1.12. The second-order valence-electron chi connectivity index (χ2n) is 8.97. The SMILES string of the molecule is COc1ccc(S(=O)(=O)NC2CCN(C(=O)OC(C)(C)C)C2)cc1C(=O)Nc1ccc(F)cc1F. The van der Waals surface area contributed by atoms with Crippen LogP contribution in [0.5, 0.6) is 5.75 Å². The molecular weight excluding hydrogens is 484 g/mol. The van der Waals surface area contributed by atoms with Gasteiger partial charge in [-0.25, -0.2) is 26.7 Å². The van der Waals surface area contributed by atoms with Crippen molar-refractivity contribution in [2.24, 2.45) is 0 Å². The van der Waals surface area contributed by atoms with Gasteiger partial charge in [0.25, 0.3) is 5.91 Å². The van der Waals surface area contributed by atoms with Crippen LogP contribution in [0.1, 0.15) is 37.6 Å². The molecular formula is C23H27F2N3O6S. The molecule has 35 heavy (non-hydrogen) atoms. The Labute approximate surface area is 202 Å². The van der Waals surface area contributed by atoms with Crippen molar-refractivity contribution < 1.29 is 36.3 Å². The highest BCUT2D eigenvalue weighted by atomic mass is 32.2. The van der Waals surface area contributed by atoms with E-state index in [2.05, 4.69) is 10.0 Å². The van der Waals surface area contributed by atoms with Gasteiger partial charge in [0.2, 0.25) is 10.0 Å². The molecule has 3 rings (SSSR count). The molecule has 190 valence electrons. The maximum atomic E-state index is 14.0. The molecule has 2 aromatic rings. The third kappa shape index (κ3) is 6.67. The van der Waals surface area contributed by atoms with Gasteiger partial charge in [0.1, 0.15) is 23.0 Å². The Morgan fingerprint density at radius 1 is 1.11 bits per heavy atom. The standard InChI is InChI=1S/C23H27F2N3O6S/c1-23(2,3)34-22(30)28-10-9-15(13-28)27-35(31,32)16-6-8-20(33-4)17(12-16)21(29)26-19-7-5-14(24)11-18(19)25/h5-8,11-12,15,27H,9-10,13H2,1-4H3,(H,26,29). The Morgan fingerprint density at radius 3 is 2.46 bits per heavy atom. The largest absolute Gasteiger partial charge is 0.496 e. The molecule has 0 saturated carbocycles. The molecule has 0 bridgehead atoms. The summed E-state index contributed by atoms with van der Waals surface area (Å²) in [6.45, 7) is 5.66. The Hall–Kier alpha value is -3.25. The van der Waals surface area contributed by atoms with Gasteiger partial charge in [-0.3, -0.25) is 4.79 Å². The van der Waals surface area contributed by atoms with E-state index in [1.165, 1.54) is 24.1 Å². The first-order valence-electron chi connectivity index (χ1n) is 10.7. The zero-order valence-corrected chi connectivity index (χ0v) is 20.5. The number of halogens is 2. The first-order valence-corrected chi connectivity index (χ1v) is 12.2. The van der Waals surface area contributed by atoms with E-state index in [1.807, 2.05) is 0 Å². The first-order chi connectivity index (χ1) is 16.3. The van der Waals surface area contributed by atoms with Crippen LogP contribution in [-0.4, -0.2) is 57.2 Å². The summed E-state index contributed by atoms with van der Waals surface area (Å²) in [5, 5.41) is 2.28. The van der Waals surface area contributed by atoms with Gasteiger partial charge in [-0.15, -0.1) is 0 Å². The monoisotopic (exact) mass is 511 g/mol. The smallest absolute Gasteiger partial charge is 0.410 e. The highest BCUT2D eigenvalue weighted by molar-refractivity contribution is 7.89. The number of likely N-dealkylation sites (tertiary alicyclic amines) is 1. The number of carbonyl (C=O) groups excluding carboxylic acids is 2. The number of carbonyl (C=O) groups is 2. The van der Waals surface area contributed by atoms with Crippen LogP contribution in [-0.2, 0) is 14.8 Å². The molecule has 9 nitrogen and oxygen atoms in total. The molecule has 1 heterocycles. The van der Waals surface area contributed by atoms with Crippen LogP contribution >= 0.6 is 0 Å². The van der Waals surface area contributed by atoms with Crippen LogP contribution < -0.4 is 14.8 Å². The molecule has 0 radical (unpaired) electrons. The van der Waals surface area contributed by atoms with Gasteiger partial charge in [0.15, 0.2) is 0 Å². The predicted molar refractivity (Wildman–Crippen MR) is 124 cm³/mol. The van der Waals surface area contributed by atoms with Gasteiger partial charge in [-0.2, -0.15) is 0 Å². The van der Waals surface area contributed by atoms with Gasteiger partial charge in [-0.1, -0.05) is 0 Å². The minimum atomic E-state index is -4.08. The molecule has 1 saturated heterocycles. The van der Waals surface area contributed by atoms with E-state index in [0.717, 1.165) is 18.2 Å². The lowest BCUT2D eigenvalue weighted by atomic mass is 10.1. The first kappa shape index (κ1) is 26.4. The second-order valence-corrected chi connectivity index (χ2v) is 10.7. The van der Waals surface area contributed by atoms with E-state index >= 15 is 0 Å². The van der Waals surface area contributed by atoms with Gasteiger partial charge in [-0.05, 0) is 57.5 Å². The van der Waals surface area contributed by atoms with Crippen molar-refractivity contribution in [1.29, 1.82) is 0 Å². The van der Waals surface area contributed by atoms with Gasteiger partial charge < -0.3 is 19.7 Å². The molecule has 0 aliphatic carbocycles. The lowest BCUT2D eigenvalue weighted by molar-refractivity contribution is 0.0291. The summed E-state index contributed by atoms with van der Waals surface area (Å²) in [6.07, 6.45) is -0.151. The number of sulfonamides is 1. The Morgan fingerprint density at radius 2 is 1.83 bits per heavy atom. The lowest BCUT2D eigenvalue weighted by Crippen LogP contribution is -2.40. The fourth-order valence-electron chi connectivity index (χ4n) is 3.45. The number of methoxy groups -OCH3 is 1. The molecule has 2 amide bonds. The summed E-state index contributed by atoms with van der Waals surface area (Å²) >= 11 is 0. The molecule has 0 aromatic heterocycles. The fraction of sp³-hybridized carbons (Fsp3) is 0.391. The molecule has 2 N–H and O–H groups in total. The number of nitrogens with one attached hydrogen (secondary N) is 2. The average Bonchev–Trinajstić information content (AvgIpc) is 3.22. The maximum Gasteiger partial charge on any atom is 0.410 e. The van der Waals surface area contributed by atoms with Crippen molar-refractivity contribution in [2.45, 2.75) is 43.7 Å². The molecule has 1 aliphatic heterocycles. The molecule has 2 aromatic carbocycles. The summed E-state index contributed by atoms with van der Waals surface area (Å²) in [7, 11) is -2.79. The van der Waals surface area contributed by atoms with Crippen LogP contribution in [0.15, 0.2) is 41.3 Å². The molecule has 1 unspecified atom stereocenters. The van der Waals surface area contributed by atoms with E-state index in [0.29, 0.717) is 19.0 Å². The molecule has 1 aliphatic rings. The zero-order valence-electron chi connectivity index (χ0n) is 19.7. The maximum absolute atomic E-state index is 14.0. The van der Waals surface area contributed by atoms with Gasteiger partial charge in [0.05, 0.1) is 23.3 Å². The minimum absolute atomic E-state index is 0.0564. The normalized spacial score (nSPS) is 16.2. The Balaban J connectivity index is 1.76. The van der Waals surface area contributed by atoms with E-state index < -0.39 is 45.3 Å². The quantitative estimate of drug-likeness (QED) is 0.614. The number of hydrogen-bond donors (Lipinski definition) is 2. The van der Waals surface area contributed by atoms with Crippen molar-refractivity contribution in [3.63, 3.8) is 0 Å². The van der Waals surface area contributed by atoms with E-state index in [9.17, 15) is 26.8 Å². The molecule has 0 spiro atoms. The molecule has 1 atom stereocenters. The number of anilines is 1. The third-order valence-electron chi connectivity index (χ3n) is 5.07. The van der Waals surface area contributed by atoms with Gasteiger partial charge >= 0.3 is 6.09 Å². The van der Waals surface area contributed by atoms with Crippen LogP contribution in [0.4, 0.5) is 19.3 Å². The van der Waals surface area contributed by atoms with Crippen LogP contribution in [0.2, 0.25) is 0 Å². The van der Waals surface area contributed by atoms with Crippen molar-refractivity contribution in [1.82, 2.24) is 9.62 Å². The van der Waals surface area contributed by atoms with Crippen molar-refractivity contribution in [3.8, 4) is 5.75 Å². The Kier molecular flexibility index (Phi) is 7.65. The van der Waals surface area contributed by atoms with E-state index in [-0.39, 0.29) is 28.4 Å². The van der Waals surface area contributed by atoms with Crippen molar-refractivity contribution in [3.05, 3.63) is 53.6 Å². The zero-order chi connectivity index (χ0) is 26.0. The number of benzene rings is 2. The summed E-state index contributed by atoms with van der Waals surface area (Å²) in [5.74, 6) is -2.59.